The normalized spacial score (nSPS) is 19.3. The predicted molar refractivity (Wildman–Crippen MR) is 111 cm³/mol. The van der Waals surface area contributed by atoms with E-state index in [-0.39, 0.29) is 22.5 Å². The topological polar surface area (TPSA) is 119 Å². The molecule has 1 aromatic heterocycles. The molecule has 1 fully saturated rings. The van der Waals surface area contributed by atoms with Gasteiger partial charge in [0.1, 0.15) is 41.4 Å². The van der Waals surface area contributed by atoms with Crippen LogP contribution in [0.5, 0.6) is 5.75 Å². The molecule has 1 aliphatic rings. The zero-order valence-corrected chi connectivity index (χ0v) is 16.7. The third kappa shape index (κ3) is 4.42. The molecule has 2 unspecified atom stereocenters. The highest BCUT2D eigenvalue weighted by molar-refractivity contribution is 5.83. The van der Waals surface area contributed by atoms with Crippen molar-refractivity contribution in [1.29, 1.82) is 10.5 Å². The predicted octanol–water partition coefficient (Wildman–Crippen LogP) is 2.72. The molecule has 0 aliphatic carbocycles. The molecule has 0 spiro atoms. The molecule has 0 amide bonds. The van der Waals surface area contributed by atoms with Crippen molar-refractivity contribution in [3.05, 3.63) is 45.7 Å². The quantitative estimate of drug-likeness (QED) is 0.809. The molecule has 0 bridgehead atoms. The van der Waals surface area contributed by atoms with Crippen molar-refractivity contribution in [1.82, 2.24) is 9.88 Å². The number of nitrogens with zero attached hydrogens (tertiary/aromatic N) is 3. The van der Waals surface area contributed by atoms with Gasteiger partial charge in [-0.15, -0.1) is 0 Å². The number of aromatic nitrogens is 1. The number of nitriles is 2. The zero-order chi connectivity index (χ0) is 21.0. The van der Waals surface area contributed by atoms with E-state index in [1.54, 1.807) is 18.2 Å². The van der Waals surface area contributed by atoms with E-state index in [0.29, 0.717) is 29.8 Å². The van der Waals surface area contributed by atoms with Crippen molar-refractivity contribution in [3.8, 4) is 29.0 Å². The van der Waals surface area contributed by atoms with E-state index in [9.17, 15) is 15.3 Å². The number of rotatable bonds is 5. The third-order valence-corrected chi connectivity index (χ3v) is 5.23. The smallest absolute Gasteiger partial charge is 0.268 e. The summed E-state index contributed by atoms with van der Waals surface area (Å²) in [6, 6.07) is 11.0. The lowest BCUT2D eigenvalue weighted by Crippen LogP contribution is -2.40. The molecule has 2 aromatic rings. The van der Waals surface area contributed by atoms with Crippen molar-refractivity contribution in [2.45, 2.75) is 20.3 Å². The van der Waals surface area contributed by atoms with Crippen LogP contribution in [-0.4, -0.2) is 36.1 Å². The second-order valence-corrected chi connectivity index (χ2v) is 7.77. The maximum Gasteiger partial charge on any atom is 0.268 e. The van der Waals surface area contributed by atoms with Crippen LogP contribution in [-0.2, 0) is 0 Å². The van der Waals surface area contributed by atoms with Crippen molar-refractivity contribution in [3.63, 3.8) is 0 Å². The number of piperidine rings is 1. The molecule has 7 heteroatoms. The monoisotopic (exact) mass is 391 g/mol. The first kappa shape index (κ1) is 20.4. The summed E-state index contributed by atoms with van der Waals surface area (Å²) in [5, 5.41) is 19.0. The highest BCUT2D eigenvalue weighted by atomic mass is 16.5. The van der Waals surface area contributed by atoms with E-state index in [1.165, 1.54) is 6.42 Å². The SMILES string of the molecule is CC1CC(C)CN(CCOc2ccccc2-c2c(C#N)c(N)[nH]c(=O)c2C#N)C1. The number of nitrogen functional groups attached to an aromatic ring is 1. The molecule has 0 saturated carbocycles. The van der Waals surface area contributed by atoms with Crippen LogP contribution in [0.2, 0.25) is 0 Å². The Bertz CT molecular complexity index is 1020. The molecule has 7 nitrogen and oxygen atoms in total. The molecule has 2 atom stereocenters. The van der Waals surface area contributed by atoms with Gasteiger partial charge < -0.3 is 15.5 Å². The van der Waals surface area contributed by atoms with Gasteiger partial charge in [-0.05, 0) is 24.3 Å². The second kappa shape index (κ2) is 8.81. The average Bonchev–Trinajstić information content (AvgIpc) is 2.67. The molecule has 1 aliphatic heterocycles. The lowest BCUT2D eigenvalue weighted by atomic mass is 9.92. The Morgan fingerprint density at radius 1 is 1.17 bits per heavy atom. The van der Waals surface area contributed by atoms with Crippen LogP contribution in [0.15, 0.2) is 29.1 Å². The van der Waals surface area contributed by atoms with Crippen molar-refractivity contribution in [2.75, 3.05) is 32.0 Å². The number of pyridine rings is 1. The first-order valence-corrected chi connectivity index (χ1v) is 9.75. The number of hydrogen-bond acceptors (Lipinski definition) is 6. The lowest BCUT2D eigenvalue weighted by molar-refractivity contribution is 0.121. The minimum atomic E-state index is -0.620. The molecule has 3 rings (SSSR count). The van der Waals surface area contributed by atoms with Crippen LogP contribution < -0.4 is 16.0 Å². The number of likely N-dealkylation sites (tertiary alicyclic amines) is 1. The molecular formula is C22H25N5O2. The first-order chi connectivity index (χ1) is 13.9. The Balaban J connectivity index is 1.88. The minimum Gasteiger partial charge on any atom is -0.492 e. The van der Waals surface area contributed by atoms with Crippen LogP contribution in [0.3, 0.4) is 0 Å². The van der Waals surface area contributed by atoms with Crippen LogP contribution >= 0.6 is 0 Å². The lowest BCUT2D eigenvalue weighted by Gasteiger charge is -2.34. The molecule has 2 heterocycles. The van der Waals surface area contributed by atoms with Gasteiger partial charge in [0.25, 0.3) is 5.56 Å². The number of anilines is 1. The van der Waals surface area contributed by atoms with E-state index in [4.69, 9.17) is 10.5 Å². The van der Waals surface area contributed by atoms with Gasteiger partial charge in [-0.1, -0.05) is 32.0 Å². The molecular weight excluding hydrogens is 366 g/mol. The highest BCUT2D eigenvalue weighted by Crippen LogP contribution is 2.35. The molecule has 3 N–H and O–H groups in total. The fraction of sp³-hybridized carbons (Fsp3) is 0.409. The second-order valence-electron chi connectivity index (χ2n) is 7.77. The molecule has 29 heavy (non-hydrogen) atoms. The fourth-order valence-electron chi connectivity index (χ4n) is 4.17. The van der Waals surface area contributed by atoms with Crippen molar-refractivity contribution in [2.24, 2.45) is 11.8 Å². The number of aromatic amines is 1. The van der Waals surface area contributed by atoms with E-state index in [2.05, 4.69) is 23.7 Å². The number of hydrogen-bond donors (Lipinski definition) is 2. The van der Waals surface area contributed by atoms with Gasteiger partial charge in [0.05, 0.1) is 0 Å². The molecule has 1 aromatic carbocycles. The van der Waals surface area contributed by atoms with Gasteiger partial charge in [0.15, 0.2) is 0 Å². The van der Waals surface area contributed by atoms with Crippen molar-refractivity contribution >= 4 is 5.82 Å². The Labute approximate surface area is 170 Å². The van der Waals surface area contributed by atoms with Crippen molar-refractivity contribution < 1.29 is 4.74 Å². The number of ether oxygens (including phenoxy) is 1. The fourth-order valence-corrected chi connectivity index (χ4v) is 4.17. The molecule has 0 radical (unpaired) electrons. The molecule has 150 valence electrons. The van der Waals surface area contributed by atoms with Gasteiger partial charge in [0.2, 0.25) is 0 Å². The molecule has 1 saturated heterocycles. The number of para-hydroxylation sites is 1. The Morgan fingerprint density at radius 3 is 2.48 bits per heavy atom. The number of nitrogens with one attached hydrogen (secondary N) is 1. The summed E-state index contributed by atoms with van der Waals surface area (Å²) >= 11 is 0. The van der Waals surface area contributed by atoms with Gasteiger partial charge in [-0.25, -0.2) is 0 Å². The number of benzene rings is 1. The third-order valence-electron chi connectivity index (χ3n) is 5.23. The maximum absolute atomic E-state index is 12.2. The average molecular weight is 391 g/mol. The van der Waals surface area contributed by atoms with Gasteiger partial charge in [0, 0.05) is 30.8 Å². The van der Waals surface area contributed by atoms with E-state index in [1.807, 2.05) is 18.2 Å². The van der Waals surface area contributed by atoms with E-state index >= 15 is 0 Å². The van der Waals surface area contributed by atoms with E-state index < -0.39 is 5.56 Å². The summed E-state index contributed by atoms with van der Waals surface area (Å²) in [6.07, 6.45) is 1.25. The first-order valence-electron chi connectivity index (χ1n) is 9.75. The Kier molecular flexibility index (Phi) is 6.21. The zero-order valence-electron chi connectivity index (χ0n) is 16.7. The summed E-state index contributed by atoms with van der Waals surface area (Å²) < 4.78 is 6.03. The Morgan fingerprint density at radius 2 is 1.83 bits per heavy atom. The summed E-state index contributed by atoms with van der Waals surface area (Å²) in [5.41, 5.74) is 5.86. The number of nitrogens with two attached hydrogens (primary N) is 1. The minimum absolute atomic E-state index is 0.0578. The van der Waals surface area contributed by atoms with E-state index in [0.717, 1.165) is 19.6 Å². The van der Waals surface area contributed by atoms with Crippen LogP contribution in [0, 0.1) is 34.5 Å². The van der Waals surface area contributed by atoms with Gasteiger partial charge in [-0.2, -0.15) is 10.5 Å². The van der Waals surface area contributed by atoms with Gasteiger partial charge >= 0.3 is 0 Å². The number of H-pyrrole nitrogens is 1. The van der Waals surface area contributed by atoms with Crippen LogP contribution in [0.25, 0.3) is 11.1 Å². The summed E-state index contributed by atoms with van der Waals surface area (Å²) in [4.78, 5) is 17.0. The van der Waals surface area contributed by atoms with Gasteiger partial charge in [-0.3, -0.25) is 9.69 Å². The summed E-state index contributed by atoms with van der Waals surface area (Å²) in [6.45, 7) is 7.90. The largest absolute Gasteiger partial charge is 0.492 e. The highest BCUT2D eigenvalue weighted by Gasteiger charge is 2.23. The maximum atomic E-state index is 12.2. The van der Waals surface area contributed by atoms with Crippen LogP contribution in [0.1, 0.15) is 31.4 Å². The summed E-state index contributed by atoms with van der Waals surface area (Å²) in [7, 11) is 0. The Hall–Kier alpha value is -3.29. The summed E-state index contributed by atoms with van der Waals surface area (Å²) in [5.74, 6) is 1.80. The standard InChI is InChI=1S/C22H25N5O2/c1-14-9-15(2)13-27(12-14)7-8-29-19-6-4-3-5-16(19)20-17(10-23)21(25)26-22(28)18(20)11-24/h3-6,14-15H,7-9,12-13H2,1-2H3,(H3,25,26,28). The van der Waals surface area contributed by atoms with Crippen LogP contribution in [0.4, 0.5) is 5.82 Å².